The van der Waals surface area contributed by atoms with Crippen molar-refractivity contribution < 1.29 is 0 Å². The number of aliphatic imine (C=N–C) groups is 1. The van der Waals surface area contributed by atoms with E-state index in [1.165, 1.54) is 0 Å². The van der Waals surface area contributed by atoms with Crippen molar-refractivity contribution in [3.8, 4) is 0 Å². The van der Waals surface area contributed by atoms with Crippen LogP contribution in [0.3, 0.4) is 0 Å². The Labute approximate surface area is 179 Å². The second kappa shape index (κ2) is 9.95. The number of rotatable bonds is 4. The molecule has 0 heterocycles. The van der Waals surface area contributed by atoms with Gasteiger partial charge in [0.2, 0.25) is 0 Å². The zero-order valence-corrected chi connectivity index (χ0v) is 18.2. The van der Waals surface area contributed by atoms with E-state index >= 15 is 0 Å². The molecule has 0 amide bonds. The van der Waals surface area contributed by atoms with Crippen LogP contribution in [0.2, 0.25) is 0 Å². The average molecular weight is 415 g/mol. The predicted octanol–water partition coefficient (Wildman–Crippen LogP) is 7.76. The Hall–Kier alpha value is -2.03. The highest BCUT2D eigenvalue weighted by Gasteiger charge is 2.31. The number of para-hydroxylation sites is 2. The van der Waals surface area contributed by atoms with Gasteiger partial charge in [-0.2, -0.15) is 0 Å². The normalized spacial score (nSPS) is 19.0. The van der Waals surface area contributed by atoms with Gasteiger partial charge in [0.05, 0.1) is 5.69 Å². The van der Waals surface area contributed by atoms with Crippen LogP contribution in [0.5, 0.6) is 0 Å². The number of hydrogen-bond acceptors (Lipinski definition) is 2. The molecule has 0 spiro atoms. The minimum Gasteiger partial charge on any atom is -0.361 e. The quantitative estimate of drug-likeness (QED) is 0.507. The number of nitrogens with one attached hydrogen (secondary N) is 1. The molecule has 0 aromatic heterocycles. The molecule has 1 unspecified atom stereocenters. The monoisotopic (exact) mass is 414 g/mol. The maximum atomic E-state index is 6.78. The minimum absolute atomic E-state index is 0. The second-order valence-electron chi connectivity index (χ2n) is 8.08. The maximum absolute atomic E-state index is 6.78. The maximum Gasteiger partial charge on any atom is 0.0629 e. The van der Waals surface area contributed by atoms with Gasteiger partial charge in [0.15, 0.2) is 0 Å². The molecule has 2 aromatic rings. The zero-order chi connectivity index (χ0) is 19.3. The van der Waals surface area contributed by atoms with Crippen LogP contribution in [0.4, 0.5) is 11.4 Å². The molecule has 0 saturated heterocycles. The van der Waals surface area contributed by atoms with Crippen LogP contribution in [0.1, 0.15) is 33.6 Å². The molecule has 0 radical (unpaired) electrons. The van der Waals surface area contributed by atoms with Crippen LogP contribution < -0.4 is 5.32 Å². The SMILES string of the molecule is CC(C)(C)C1CC(/C=N\c2ccccc2)=C(Cl)C(=C/Nc2ccccc2)/C1.Cl. The highest BCUT2D eigenvalue weighted by molar-refractivity contribution is 6.33. The van der Waals surface area contributed by atoms with Crippen molar-refractivity contribution in [3.63, 3.8) is 0 Å². The standard InChI is InChI=1S/C24H27ClN2.ClH/c1-24(2,3)20-14-18(16-26-21-10-6-4-7-11-21)23(25)19(15-20)17-27-22-12-8-5-9-13-22;/h4-13,16-17,20,26H,14-15H2,1-3H3;1H/b18-16+,27-17-;. The molecule has 2 nitrogen and oxygen atoms in total. The van der Waals surface area contributed by atoms with Gasteiger partial charge in [0.1, 0.15) is 0 Å². The molecule has 1 aliphatic carbocycles. The van der Waals surface area contributed by atoms with E-state index in [1.54, 1.807) is 0 Å². The first-order chi connectivity index (χ1) is 12.9. The number of benzene rings is 2. The van der Waals surface area contributed by atoms with Gasteiger partial charge < -0.3 is 5.32 Å². The fourth-order valence-corrected chi connectivity index (χ4v) is 3.46. The molecule has 3 rings (SSSR count). The first-order valence-electron chi connectivity index (χ1n) is 9.42. The van der Waals surface area contributed by atoms with Crippen LogP contribution in [0, 0.1) is 11.3 Å². The molecule has 1 atom stereocenters. The molecule has 28 heavy (non-hydrogen) atoms. The van der Waals surface area contributed by atoms with E-state index in [1.807, 2.05) is 60.9 Å². The average Bonchev–Trinajstić information content (AvgIpc) is 2.67. The van der Waals surface area contributed by atoms with E-state index in [4.69, 9.17) is 11.6 Å². The largest absolute Gasteiger partial charge is 0.361 e. The summed E-state index contributed by atoms with van der Waals surface area (Å²) < 4.78 is 0. The van der Waals surface area contributed by atoms with Crippen LogP contribution in [-0.4, -0.2) is 6.21 Å². The number of halogens is 2. The summed E-state index contributed by atoms with van der Waals surface area (Å²) in [5.41, 5.74) is 4.45. The Balaban J connectivity index is 0.00000280. The lowest BCUT2D eigenvalue weighted by Crippen LogP contribution is -2.25. The van der Waals surface area contributed by atoms with Gasteiger partial charge in [-0.1, -0.05) is 68.8 Å². The molecule has 0 bridgehead atoms. The number of allylic oxidation sites excluding steroid dienone is 3. The third kappa shape index (κ3) is 5.98. The summed E-state index contributed by atoms with van der Waals surface area (Å²) in [5.74, 6) is 0.515. The lowest BCUT2D eigenvalue weighted by atomic mass is 9.71. The zero-order valence-electron chi connectivity index (χ0n) is 16.7. The Morgan fingerprint density at radius 2 is 1.57 bits per heavy atom. The van der Waals surface area contributed by atoms with Gasteiger partial charge in [-0.15, -0.1) is 12.4 Å². The van der Waals surface area contributed by atoms with E-state index < -0.39 is 0 Å². The fourth-order valence-electron chi connectivity index (χ4n) is 3.20. The van der Waals surface area contributed by atoms with Gasteiger partial charge in [-0.3, -0.25) is 4.99 Å². The van der Waals surface area contributed by atoms with Crippen LogP contribution in [0.25, 0.3) is 0 Å². The molecule has 0 fully saturated rings. The van der Waals surface area contributed by atoms with Crippen LogP contribution in [-0.2, 0) is 0 Å². The number of nitrogens with zero attached hydrogens (tertiary/aromatic N) is 1. The second-order valence-corrected chi connectivity index (χ2v) is 8.46. The third-order valence-corrected chi connectivity index (χ3v) is 5.52. The highest BCUT2D eigenvalue weighted by atomic mass is 35.5. The van der Waals surface area contributed by atoms with Crippen molar-refractivity contribution in [1.82, 2.24) is 0 Å². The summed E-state index contributed by atoms with van der Waals surface area (Å²) in [7, 11) is 0. The molecule has 0 saturated carbocycles. The van der Waals surface area contributed by atoms with Gasteiger partial charge in [-0.05, 0) is 59.6 Å². The van der Waals surface area contributed by atoms with E-state index in [9.17, 15) is 0 Å². The smallest absolute Gasteiger partial charge is 0.0629 e. The fraction of sp³-hybridized carbons (Fsp3) is 0.292. The van der Waals surface area contributed by atoms with Crippen molar-refractivity contribution in [2.24, 2.45) is 16.3 Å². The van der Waals surface area contributed by atoms with Gasteiger partial charge in [0, 0.05) is 23.1 Å². The first-order valence-corrected chi connectivity index (χ1v) is 9.80. The topological polar surface area (TPSA) is 24.4 Å². The van der Waals surface area contributed by atoms with Gasteiger partial charge >= 0.3 is 0 Å². The minimum atomic E-state index is 0. The summed E-state index contributed by atoms with van der Waals surface area (Å²) in [5, 5.41) is 4.20. The van der Waals surface area contributed by atoms with Gasteiger partial charge in [-0.25, -0.2) is 0 Å². The summed E-state index contributed by atoms with van der Waals surface area (Å²) in [6.07, 6.45) is 5.89. The predicted molar refractivity (Wildman–Crippen MR) is 125 cm³/mol. The highest BCUT2D eigenvalue weighted by Crippen LogP contribution is 2.43. The van der Waals surface area contributed by atoms with Crippen molar-refractivity contribution >= 4 is 41.6 Å². The summed E-state index contributed by atoms with van der Waals surface area (Å²) in [6, 6.07) is 20.2. The van der Waals surface area contributed by atoms with Crippen LogP contribution in [0.15, 0.2) is 88.0 Å². The summed E-state index contributed by atoms with van der Waals surface area (Å²) in [6.45, 7) is 6.89. The Kier molecular flexibility index (Phi) is 7.91. The van der Waals surface area contributed by atoms with E-state index in [2.05, 4.69) is 43.2 Å². The molecule has 4 heteroatoms. The van der Waals surface area contributed by atoms with E-state index in [0.717, 1.165) is 40.4 Å². The molecular weight excluding hydrogens is 387 g/mol. The lowest BCUT2D eigenvalue weighted by Gasteiger charge is -2.35. The Morgan fingerprint density at radius 3 is 2.18 bits per heavy atom. The van der Waals surface area contributed by atoms with Crippen molar-refractivity contribution in [2.75, 3.05) is 5.32 Å². The Morgan fingerprint density at radius 1 is 0.964 bits per heavy atom. The third-order valence-electron chi connectivity index (χ3n) is 5.03. The lowest BCUT2D eigenvalue weighted by molar-refractivity contribution is 0.235. The van der Waals surface area contributed by atoms with Crippen LogP contribution >= 0.6 is 24.0 Å². The molecule has 148 valence electrons. The summed E-state index contributed by atoms with van der Waals surface area (Å²) in [4.78, 5) is 4.63. The molecular formula is C24H28Cl2N2. The van der Waals surface area contributed by atoms with Crippen molar-refractivity contribution in [1.29, 1.82) is 0 Å². The molecule has 1 aliphatic rings. The number of hydrogen-bond donors (Lipinski definition) is 1. The summed E-state index contributed by atoms with van der Waals surface area (Å²) >= 11 is 6.78. The first kappa shape index (κ1) is 22.3. The molecule has 2 aromatic carbocycles. The molecule has 0 aliphatic heterocycles. The van der Waals surface area contributed by atoms with Gasteiger partial charge in [0.25, 0.3) is 0 Å². The van der Waals surface area contributed by atoms with E-state index in [-0.39, 0.29) is 17.8 Å². The van der Waals surface area contributed by atoms with Crippen molar-refractivity contribution in [3.05, 3.63) is 83.0 Å². The number of anilines is 1. The van der Waals surface area contributed by atoms with Crippen molar-refractivity contribution in [2.45, 2.75) is 33.6 Å². The molecule has 1 N–H and O–H groups in total. The Bertz CT molecular complexity index is 847. The van der Waals surface area contributed by atoms with E-state index in [0.29, 0.717) is 5.92 Å².